The number of halogens is 1. The number of nitriles is 1. The maximum atomic E-state index is 12.9. The molecule has 6 nitrogen and oxygen atoms in total. The van der Waals surface area contributed by atoms with E-state index in [1.54, 1.807) is 24.3 Å². The normalized spacial score (nSPS) is 12.4. The van der Waals surface area contributed by atoms with Crippen molar-refractivity contribution in [1.82, 2.24) is 10.6 Å². The van der Waals surface area contributed by atoms with Gasteiger partial charge in [-0.1, -0.05) is 18.2 Å². The molecular formula is C19H16FN3O3. The molecule has 3 rings (SSSR count). The van der Waals surface area contributed by atoms with E-state index in [9.17, 15) is 9.18 Å². The number of ether oxygens (including phenoxy) is 2. The summed E-state index contributed by atoms with van der Waals surface area (Å²) in [5.74, 6) is 0.498. The fourth-order valence-corrected chi connectivity index (χ4v) is 2.35. The third-order valence-corrected chi connectivity index (χ3v) is 3.72. The summed E-state index contributed by atoms with van der Waals surface area (Å²) in [6.45, 7) is 0.819. The second-order valence-electron chi connectivity index (χ2n) is 5.55. The van der Waals surface area contributed by atoms with Crippen molar-refractivity contribution in [3.8, 4) is 17.6 Å². The van der Waals surface area contributed by atoms with E-state index in [0.29, 0.717) is 18.0 Å². The average molecular weight is 353 g/mol. The lowest BCUT2D eigenvalue weighted by atomic mass is 10.2. The van der Waals surface area contributed by atoms with Crippen LogP contribution >= 0.6 is 0 Å². The minimum Gasteiger partial charge on any atom is -0.454 e. The summed E-state index contributed by atoms with van der Waals surface area (Å²) in [4.78, 5) is 12.1. The van der Waals surface area contributed by atoms with Gasteiger partial charge in [0.15, 0.2) is 11.5 Å². The minimum atomic E-state index is -0.489. The molecule has 1 aliphatic rings. The first kappa shape index (κ1) is 17.3. The number of amides is 1. The van der Waals surface area contributed by atoms with Crippen molar-refractivity contribution in [2.75, 3.05) is 6.79 Å². The number of carbonyl (C=O) groups excluding carboxylic acids is 1. The van der Waals surface area contributed by atoms with E-state index in [1.807, 2.05) is 12.1 Å². The Labute approximate surface area is 149 Å². The lowest BCUT2D eigenvalue weighted by Crippen LogP contribution is -2.25. The maximum Gasteiger partial charge on any atom is 0.263 e. The molecule has 2 N–H and O–H groups in total. The summed E-state index contributed by atoms with van der Waals surface area (Å²) >= 11 is 0. The highest BCUT2D eigenvalue weighted by Gasteiger charge is 2.14. The van der Waals surface area contributed by atoms with E-state index >= 15 is 0 Å². The average Bonchev–Trinajstić information content (AvgIpc) is 3.12. The Kier molecular flexibility index (Phi) is 5.34. The van der Waals surface area contributed by atoms with Gasteiger partial charge in [-0.15, -0.1) is 0 Å². The van der Waals surface area contributed by atoms with Gasteiger partial charge in [0.1, 0.15) is 17.5 Å². The first-order valence-corrected chi connectivity index (χ1v) is 7.90. The zero-order valence-electron chi connectivity index (χ0n) is 13.8. The molecule has 1 amide bonds. The molecular weight excluding hydrogens is 337 g/mol. The van der Waals surface area contributed by atoms with E-state index in [-0.39, 0.29) is 24.7 Å². The second kappa shape index (κ2) is 8.03. The quantitative estimate of drug-likeness (QED) is 0.615. The number of fused-ring (bicyclic) bond motifs is 1. The van der Waals surface area contributed by atoms with Crippen LogP contribution in [-0.2, 0) is 17.9 Å². The van der Waals surface area contributed by atoms with E-state index in [2.05, 4.69) is 10.6 Å². The van der Waals surface area contributed by atoms with Gasteiger partial charge in [0, 0.05) is 19.3 Å². The molecule has 0 saturated carbocycles. The Hall–Kier alpha value is -3.53. The molecule has 2 aromatic carbocycles. The number of benzene rings is 2. The van der Waals surface area contributed by atoms with E-state index in [0.717, 1.165) is 11.1 Å². The molecule has 0 atom stereocenters. The van der Waals surface area contributed by atoms with Gasteiger partial charge in [0.2, 0.25) is 6.79 Å². The van der Waals surface area contributed by atoms with Gasteiger partial charge >= 0.3 is 0 Å². The zero-order valence-corrected chi connectivity index (χ0v) is 13.8. The number of nitrogens with one attached hydrogen (secondary N) is 2. The predicted octanol–water partition coefficient (Wildman–Crippen LogP) is 2.37. The van der Waals surface area contributed by atoms with Crippen LogP contribution in [0.2, 0.25) is 0 Å². The number of hydrogen-bond donors (Lipinski definition) is 2. The summed E-state index contributed by atoms with van der Waals surface area (Å²) in [5, 5.41) is 14.7. The van der Waals surface area contributed by atoms with Gasteiger partial charge in [-0.25, -0.2) is 4.39 Å². The summed E-state index contributed by atoms with van der Waals surface area (Å²) in [5.41, 5.74) is 1.62. The molecule has 0 radical (unpaired) electrons. The third kappa shape index (κ3) is 4.30. The fraction of sp³-hybridized carbons (Fsp3) is 0.158. The Morgan fingerprint density at radius 3 is 2.62 bits per heavy atom. The summed E-state index contributed by atoms with van der Waals surface area (Å²) < 4.78 is 23.4. The smallest absolute Gasteiger partial charge is 0.263 e. The molecule has 1 aliphatic heterocycles. The summed E-state index contributed by atoms with van der Waals surface area (Å²) in [7, 11) is 0. The number of hydrogen-bond acceptors (Lipinski definition) is 5. The van der Waals surface area contributed by atoms with Gasteiger partial charge in [0.05, 0.1) is 0 Å². The SMILES string of the molecule is N#C/C(=C/NCc1ccc(F)cc1)C(=O)NCc1ccc2c(c1)OCO2. The maximum absolute atomic E-state index is 12.9. The molecule has 0 spiro atoms. The van der Waals surface area contributed by atoms with Crippen LogP contribution in [0.1, 0.15) is 11.1 Å². The Bertz CT molecular complexity index is 873. The molecule has 0 aliphatic carbocycles. The van der Waals surface area contributed by atoms with Crippen LogP contribution in [-0.4, -0.2) is 12.7 Å². The molecule has 1 heterocycles. The van der Waals surface area contributed by atoms with Gasteiger partial charge < -0.3 is 20.1 Å². The molecule has 0 unspecified atom stereocenters. The molecule has 7 heteroatoms. The van der Waals surface area contributed by atoms with Crippen LogP contribution in [0.3, 0.4) is 0 Å². The Balaban J connectivity index is 1.53. The van der Waals surface area contributed by atoms with Gasteiger partial charge in [-0.3, -0.25) is 4.79 Å². The highest BCUT2D eigenvalue weighted by Crippen LogP contribution is 2.32. The third-order valence-electron chi connectivity index (χ3n) is 3.72. The second-order valence-corrected chi connectivity index (χ2v) is 5.55. The van der Waals surface area contributed by atoms with Gasteiger partial charge in [-0.2, -0.15) is 5.26 Å². The van der Waals surface area contributed by atoms with Crippen molar-refractivity contribution < 1.29 is 18.7 Å². The largest absolute Gasteiger partial charge is 0.454 e. The standard InChI is InChI=1S/C19H16FN3O3/c20-16-4-1-13(2-5-16)9-22-11-15(8-21)19(24)23-10-14-3-6-17-18(7-14)26-12-25-17/h1-7,11,22H,9-10,12H2,(H,23,24)/b15-11-. The van der Waals surface area contributed by atoms with Crippen LogP contribution in [0.5, 0.6) is 11.5 Å². The van der Waals surface area contributed by atoms with Crippen molar-refractivity contribution in [3.05, 3.63) is 71.2 Å². The van der Waals surface area contributed by atoms with Crippen molar-refractivity contribution in [2.24, 2.45) is 0 Å². The van der Waals surface area contributed by atoms with Crippen LogP contribution in [0, 0.1) is 17.1 Å². The molecule has 0 bridgehead atoms. The van der Waals surface area contributed by atoms with Crippen molar-refractivity contribution in [1.29, 1.82) is 5.26 Å². The number of nitrogens with zero attached hydrogens (tertiary/aromatic N) is 1. The molecule has 2 aromatic rings. The molecule has 0 aromatic heterocycles. The minimum absolute atomic E-state index is 0.0483. The Morgan fingerprint density at radius 2 is 1.85 bits per heavy atom. The van der Waals surface area contributed by atoms with Crippen LogP contribution in [0.25, 0.3) is 0 Å². The van der Waals surface area contributed by atoms with Crippen molar-refractivity contribution in [3.63, 3.8) is 0 Å². The molecule has 0 fully saturated rings. The monoisotopic (exact) mass is 353 g/mol. The van der Waals surface area contributed by atoms with Gasteiger partial charge in [-0.05, 0) is 35.4 Å². The molecule has 0 saturated heterocycles. The van der Waals surface area contributed by atoms with Crippen molar-refractivity contribution >= 4 is 5.91 Å². The lowest BCUT2D eigenvalue weighted by molar-refractivity contribution is -0.117. The molecule has 26 heavy (non-hydrogen) atoms. The van der Waals surface area contributed by atoms with Crippen LogP contribution in [0.15, 0.2) is 54.2 Å². The summed E-state index contributed by atoms with van der Waals surface area (Å²) in [6.07, 6.45) is 1.35. The highest BCUT2D eigenvalue weighted by molar-refractivity contribution is 5.97. The highest BCUT2D eigenvalue weighted by atomic mass is 19.1. The van der Waals surface area contributed by atoms with Crippen molar-refractivity contribution in [2.45, 2.75) is 13.1 Å². The Morgan fingerprint density at radius 1 is 1.12 bits per heavy atom. The topological polar surface area (TPSA) is 83.4 Å². The van der Waals surface area contributed by atoms with Gasteiger partial charge in [0.25, 0.3) is 5.91 Å². The van der Waals surface area contributed by atoms with Crippen LogP contribution < -0.4 is 20.1 Å². The molecule has 132 valence electrons. The number of carbonyl (C=O) groups is 1. The lowest BCUT2D eigenvalue weighted by Gasteiger charge is -2.06. The van der Waals surface area contributed by atoms with E-state index in [4.69, 9.17) is 14.7 Å². The first-order valence-electron chi connectivity index (χ1n) is 7.90. The van der Waals surface area contributed by atoms with E-state index in [1.165, 1.54) is 18.3 Å². The number of rotatable bonds is 6. The van der Waals surface area contributed by atoms with E-state index < -0.39 is 5.91 Å². The van der Waals surface area contributed by atoms with Crippen LogP contribution in [0.4, 0.5) is 4.39 Å². The fourth-order valence-electron chi connectivity index (χ4n) is 2.35. The summed E-state index contributed by atoms with van der Waals surface area (Å²) in [6, 6.07) is 13.2. The zero-order chi connectivity index (χ0) is 18.4. The first-order chi connectivity index (χ1) is 12.7. The predicted molar refractivity (Wildman–Crippen MR) is 91.3 cm³/mol.